The van der Waals surface area contributed by atoms with Crippen molar-refractivity contribution in [3.8, 4) is 11.3 Å². The van der Waals surface area contributed by atoms with Crippen molar-refractivity contribution in [1.82, 2.24) is 20.3 Å². The standard InChI is InChI=1S/C20H22N4O9/c1-9(25)21-16-13(26)6-15(20(31)32)33-18(16)17(28)14(27)8-24-7-12(22-23-24)10-2-4-11(5-3-10)19(29)30/h2-7,13-14,16-18,26-28H,8H2,1H3,(H,21,25)(H,29,30)(H,31,32)/t13-,14?,16?,17?,18?/m1/s1. The first-order chi connectivity index (χ1) is 15.6. The Morgan fingerprint density at radius 3 is 2.39 bits per heavy atom. The van der Waals surface area contributed by atoms with E-state index in [1.54, 1.807) is 0 Å². The molecule has 33 heavy (non-hydrogen) atoms. The average Bonchev–Trinajstić information content (AvgIpc) is 3.22. The maximum absolute atomic E-state index is 11.5. The van der Waals surface area contributed by atoms with Gasteiger partial charge in [0.25, 0.3) is 0 Å². The average molecular weight is 462 g/mol. The third-order valence-electron chi connectivity index (χ3n) is 4.96. The van der Waals surface area contributed by atoms with Gasteiger partial charge < -0.3 is 35.6 Å². The van der Waals surface area contributed by atoms with Crippen molar-refractivity contribution in [3.05, 3.63) is 47.9 Å². The molecule has 3 rings (SSSR count). The maximum Gasteiger partial charge on any atom is 0.370 e. The van der Waals surface area contributed by atoms with E-state index in [2.05, 4.69) is 15.6 Å². The molecule has 0 bridgehead atoms. The van der Waals surface area contributed by atoms with Crippen molar-refractivity contribution in [2.75, 3.05) is 0 Å². The van der Waals surface area contributed by atoms with Gasteiger partial charge in [0.15, 0.2) is 6.10 Å². The third-order valence-corrected chi connectivity index (χ3v) is 4.96. The molecule has 1 amide bonds. The number of rotatable bonds is 8. The zero-order chi connectivity index (χ0) is 24.3. The van der Waals surface area contributed by atoms with E-state index in [1.165, 1.54) is 42.1 Å². The number of carbonyl (C=O) groups is 3. The Balaban J connectivity index is 1.74. The van der Waals surface area contributed by atoms with Crippen LogP contribution in [0.15, 0.2) is 42.3 Å². The Morgan fingerprint density at radius 1 is 1.15 bits per heavy atom. The summed E-state index contributed by atoms with van der Waals surface area (Å²) in [5, 5.41) is 59.7. The van der Waals surface area contributed by atoms with Crippen LogP contribution >= 0.6 is 0 Å². The summed E-state index contributed by atoms with van der Waals surface area (Å²) in [5.41, 5.74) is 1.05. The quantitative estimate of drug-likeness (QED) is 0.269. The molecular weight excluding hydrogens is 440 g/mol. The van der Waals surface area contributed by atoms with Crippen molar-refractivity contribution in [2.45, 2.75) is 43.9 Å². The molecule has 1 aliphatic heterocycles. The van der Waals surface area contributed by atoms with Gasteiger partial charge in [0.05, 0.1) is 24.3 Å². The van der Waals surface area contributed by atoms with Crippen LogP contribution in [0.1, 0.15) is 17.3 Å². The van der Waals surface area contributed by atoms with Crippen LogP contribution in [0.4, 0.5) is 0 Å². The van der Waals surface area contributed by atoms with Gasteiger partial charge in [-0.2, -0.15) is 0 Å². The molecule has 0 spiro atoms. The number of aliphatic hydroxyl groups excluding tert-OH is 3. The molecule has 13 nitrogen and oxygen atoms in total. The molecule has 0 saturated heterocycles. The largest absolute Gasteiger partial charge is 0.478 e. The van der Waals surface area contributed by atoms with Gasteiger partial charge in [-0.15, -0.1) is 5.10 Å². The predicted octanol–water partition coefficient (Wildman–Crippen LogP) is -1.40. The topological polar surface area (TPSA) is 204 Å². The van der Waals surface area contributed by atoms with E-state index < -0.39 is 54.1 Å². The molecule has 5 atom stereocenters. The number of nitrogens with one attached hydrogen (secondary N) is 1. The van der Waals surface area contributed by atoms with Crippen LogP contribution in [-0.4, -0.2) is 88.8 Å². The summed E-state index contributed by atoms with van der Waals surface area (Å²) in [5.74, 6) is -3.75. The highest BCUT2D eigenvalue weighted by Gasteiger charge is 2.43. The molecule has 0 fully saturated rings. The van der Waals surface area contributed by atoms with Gasteiger partial charge in [-0.3, -0.25) is 4.79 Å². The maximum atomic E-state index is 11.5. The zero-order valence-electron chi connectivity index (χ0n) is 17.3. The van der Waals surface area contributed by atoms with Crippen LogP contribution in [0, 0.1) is 0 Å². The number of carboxylic acid groups (broad SMARTS) is 2. The molecule has 176 valence electrons. The molecular formula is C20H22N4O9. The number of aromatic carboxylic acids is 1. The van der Waals surface area contributed by atoms with Crippen LogP contribution in [0.25, 0.3) is 11.3 Å². The lowest BCUT2D eigenvalue weighted by Crippen LogP contribution is -2.59. The van der Waals surface area contributed by atoms with E-state index in [4.69, 9.17) is 14.9 Å². The summed E-state index contributed by atoms with van der Waals surface area (Å²) < 4.78 is 6.46. The van der Waals surface area contributed by atoms with E-state index in [0.717, 1.165) is 6.08 Å². The van der Waals surface area contributed by atoms with E-state index in [0.29, 0.717) is 11.3 Å². The fraction of sp³-hybridized carbons (Fsp3) is 0.350. The van der Waals surface area contributed by atoms with E-state index in [-0.39, 0.29) is 12.1 Å². The highest BCUT2D eigenvalue weighted by atomic mass is 16.5. The number of ether oxygens (including phenoxy) is 1. The molecule has 0 aliphatic carbocycles. The Morgan fingerprint density at radius 2 is 1.82 bits per heavy atom. The van der Waals surface area contributed by atoms with Crippen molar-refractivity contribution in [3.63, 3.8) is 0 Å². The Bertz CT molecular complexity index is 1070. The van der Waals surface area contributed by atoms with Crippen LogP contribution < -0.4 is 5.32 Å². The predicted molar refractivity (Wildman–Crippen MR) is 109 cm³/mol. The number of aliphatic carboxylic acids is 1. The summed E-state index contributed by atoms with van der Waals surface area (Å²) in [6, 6.07) is 4.67. The van der Waals surface area contributed by atoms with E-state index >= 15 is 0 Å². The van der Waals surface area contributed by atoms with Gasteiger partial charge >= 0.3 is 11.9 Å². The Kier molecular flexibility index (Phi) is 7.06. The monoisotopic (exact) mass is 462 g/mol. The van der Waals surface area contributed by atoms with Gasteiger partial charge in [0.1, 0.15) is 24.0 Å². The normalized spacial score (nSPS) is 21.9. The third kappa shape index (κ3) is 5.52. The first kappa shape index (κ1) is 23.8. The summed E-state index contributed by atoms with van der Waals surface area (Å²) in [4.78, 5) is 33.7. The van der Waals surface area contributed by atoms with Gasteiger partial charge in [-0.25, -0.2) is 14.3 Å². The van der Waals surface area contributed by atoms with Crippen molar-refractivity contribution in [2.24, 2.45) is 0 Å². The molecule has 6 N–H and O–H groups in total. The van der Waals surface area contributed by atoms with E-state index in [9.17, 15) is 29.7 Å². The van der Waals surface area contributed by atoms with Gasteiger partial charge in [0, 0.05) is 12.5 Å². The van der Waals surface area contributed by atoms with Crippen molar-refractivity contribution >= 4 is 17.8 Å². The number of hydrogen-bond acceptors (Lipinski definition) is 9. The van der Waals surface area contributed by atoms with Gasteiger partial charge in [-0.05, 0) is 18.2 Å². The minimum Gasteiger partial charge on any atom is -0.478 e. The molecule has 1 aliphatic rings. The molecule has 1 aromatic carbocycles. The van der Waals surface area contributed by atoms with Gasteiger partial charge in [-0.1, -0.05) is 17.3 Å². The fourth-order valence-corrected chi connectivity index (χ4v) is 3.34. The number of aromatic nitrogens is 3. The lowest BCUT2D eigenvalue weighted by atomic mass is 9.93. The minimum absolute atomic E-state index is 0.0999. The Labute approximate surface area is 186 Å². The number of hydrogen-bond donors (Lipinski definition) is 6. The first-order valence-electron chi connectivity index (χ1n) is 9.73. The SMILES string of the molecule is CC(=O)NC1C(C(O)C(O)Cn2cc(-c3ccc(C(=O)O)cc3)nn2)OC(C(=O)O)=C[C@H]1O. The lowest BCUT2D eigenvalue weighted by Gasteiger charge is -2.38. The first-order valence-corrected chi connectivity index (χ1v) is 9.73. The fourth-order valence-electron chi connectivity index (χ4n) is 3.34. The van der Waals surface area contributed by atoms with Crippen molar-refractivity contribution < 1.29 is 44.7 Å². The minimum atomic E-state index is -1.72. The molecule has 2 heterocycles. The molecule has 13 heteroatoms. The number of benzene rings is 1. The van der Waals surface area contributed by atoms with Crippen LogP contribution in [0.2, 0.25) is 0 Å². The number of carbonyl (C=O) groups excluding carboxylic acids is 1. The van der Waals surface area contributed by atoms with E-state index in [1.807, 2.05) is 0 Å². The molecule has 2 aromatic rings. The second-order valence-electron chi connectivity index (χ2n) is 7.40. The summed E-state index contributed by atoms with van der Waals surface area (Å²) in [6.45, 7) is 0.888. The molecule has 1 aromatic heterocycles. The van der Waals surface area contributed by atoms with Crippen LogP contribution in [0.5, 0.6) is 0 Å². The zero-order valence-corrected chi connectivity index (χ0v) is 17.3. The molecule has 0 saturated carbocycles. The lowest BCUT2D eigenvalue weighted by molar-refractivity contribution is -0.148. The number of carboxylic acids is 2. The second kappa shape index (κ2) is 9.77. The second-order valence-corrected chi connectivity index (χ2v) is 7.40. The summed E-state index contributed by atoms with van der Waals surface area (Å²) >= 11 is 0. The number of amides is 1. The highest BCUT2D eigenvalue weighted by molar-refractivity contribution is 5.88. The highest BCUT2D eigenvalue weighted by Crippen LogP contribution is 2.24. The number of aliphatic hydroxyl groups is 3. The smallest absolute Gasteiger partial charge is 0.370 e. The van der Waals surface area contributed by atoms with Crippen molar-refractivity contribution in [1.29, 1.82) is 0 Å². The molecule has 0 radical (unpaired) electrons. The summed E-state index contributed by atoms with van der Waals surface area (Å²) in [7, 11) is 0. The van der Waals surface area contributed by atoms with Crippen LogP contribution in [0.3, 0.4) is 0 Å². The summed E-state index contributed by atoms with van der Waals surface area (Å²) in [6.07, 6.45) is -3.87. The molecule has 4 unspecified atom stereocenters. The Hall–Kier alpha value is -3.81. The van der Waals surface area contributed by atoms with Crippen LogP contribution in [-0.2, 0) is 20.9 Å². The number of nitrogens with zero attached hydrogens (tertiary/aromatic N) is 3. The van der Waals surface area contributed by atoms with Gasteiger partial charge in [0.2, 0.25) is 11.7 Å².